The van der Waals surface area contributed by atoms with Gasteiger partial charge in [-0.2, -0.15) is 0 Å². The fourth-order valence-electron chi connectivity index (χ4n) is 2.57. The number of carbonyl (C=O) groups is 3. The highest BCUT2D eigenvalue weighted by Gasteiger charge is 2.21. The number of nitrogens with one attached hydrogen (secondary N) is 1. The zero-order valence-electron chi connectivity index (χ0n) is 13.5. The van der Waals surface area contributed by atoms with Crippen molar-refractivity contribution in [2.45, 2.75) is 20.1 Å². The number of carbonyl (C=O) groups excluding carboxylic acids is 3. The number of anilines is 2. The molecule has 0 atom stereocenters. The number of amides is 1. The lowest BCUT2D eigenvalue weighted by Gasteiger charge is -2.02. The minimum absolute atomic E-state index is 0.129. The molecular weight excluding hydrogens is 324 g/mol. The van der Waals surface area contributed by atoms with Crippen LogP contribution >= 0.6 is 0 Å². The van der Waals surface area contributed by atoms with Crippen LogP contribution in [-0.2, 0) is 27.5 Å². The molecule has 3 N–H and O–H groups in total. The van der Waals surface area contributed by atoms with Crippen molar-refractivity contribution in [2.24, 2.45) is 0 Å². The molecule has 7 heteroatoms. The summed E-state index contributed by atoms with van der Waals surface area (Å²) in [6, 6.07) is 10.3. The molecule has 1 amide bonds. The summed E-state index contributed by atoms with van der Waals surface area (Å²) in [6.45, 7) is 2.09. The molecule has 0 bridgehead atoms. The number of hydrogen-bond donors (Lipinski definition) is 2. The molecule has 0 aliphatic carbocycles. The van der Waals surface area contributed by atoms with Crippen molar-refractivity contribution in [3.8, 4) is 0 Å². The summed E-state index contributed by atoms with van der Waals surface area (Å²) in [5.74, 6) is -0.676. The van der Waals surface area contributed by atoms with Gasteiger partial charge in [-0.3, -0.25) is 4.79 Å². The molecule has 2 aliphatic rings. The Morgan fingerprint density at radius 2 is 1.52 bits per heavy atom. The third-order valence-electron chi connectivity index (χ3n) is 3.71. The van der Waals surface area contributed by atoms with Crippen LogP contribution in [0.5, 0.6) is 0 Å². The SMILES string of the molecule is CC(=O)Nc1ccc2c(c1)COC2=O.Nc1ccc2c(c1)COC2=O. The molecule has 0 aromatic heterocycles. The van der Waals surface area contributed by atoms with Crippen molar-refractivity contribution in [1.29, 1.82) is 0 Å². The molecule has 25 heavy (non-hydrogen) atoms. The van der Waals surface area contributed by atoms with Gasteiger partial charge in [0.05, 0.1) is 11.1 Å². The van der Waals surface area contributed by atoms with E-state index >= 15 is 0 Å². The summed E-state index contributed by atoms with van der Waals surface area (Å²) in [5, 5.41) is 2.64. The summed E-state index contributed by atoms with van der Waals surface area (Å²) >= 11 is 0. The van der Waals surface area contributed by atoms with E-state index in [9.17, 15) is 14.4 Å². The largest absolute Gasteiger partial charge is 0.457 e. The van der Waals surface area contributed by atoms with Crippen LogP contribution in [0.4, 0.5) is 11.4 Å². The highest BCUT2D eigenvalue weighted by Crippen LogP contribution is 2.23. The minimum Gasteiger partial charge on any atom is -0.457 e. The maximum Gasteiger partial charge on any atom is 0.338 e. The van der Waals surface area contributed by atoms with Gasteiger partial charge in [0.1, 0.15) is 13.2 Å². The van der Waals surface area contributed by atoms with E-state index in [0.29, 0.717) is 35.7 Å². The lowest BCUT2D eigenvalue weighted by molar-refractivity contribution is -0.114. The number of cyclic esters (lactones) is 2. The second-order valence-electron chi connectivity index (χ2n) is 5.62. The highest BCUT2D eigenvalue weighted by molar-refractivity contribution is 5.95. The van der Waals surface area contributed by atoms with Gasteiger partial charge in [-0.15, -0.1) is 0 Å². The second-order valence-corrected chi connectivity index (χ2v) is 5.62. The van der Waals surface area contributed by atoms with Gasteiger partial charge in [0, 0.05) is 29.4 Å². The number of benzene rings is 2. The Balaban J connectivity index is 0.000000150. The third-order valence-corrected chi connectivity index (χ3v) is 3.71. The van der Waals surface area contributed by atoms with E-state index < -0.39 is 0 Å². The highest BCUT2D eigenvalue weighted by atomic mass is 16.5. The molecule has 0 radical (unpaired) electrons. The van der Waals surface area contributed by atoms with Crippen molar-refractivity contribution >= 4 is 29.2 Å². The Labute approximate surface area is 143 Å². The van der Waals surface area contributed by atoms with Gasteiger partial charge in [0.25, 0.3) is 0 Å². The van der Waals surface area contributed by atoms with Crippen molar-refractivity contribution in [2.75, 3.05) is 11.1 Å². The molecule has 2 aliphatic heterocycles. The summed E-state index contributed by atoms with van der Waals surface area (Å²) < 4.78 is 9.62. The molecule has 0 saturated heterocycles. The summed E-state index contributed by atoms with van der Waals surface area (Å²) in [7, 11) is 0. The Morgan fingerprint density at radius 1 is 0.960 bits per heavy atom. The Hall–Kier alpha value is -3.35. The van der Waals surface area contributed by atoms with Crippen LogP contribution in [0.25, 0.3) is 0 Å². The van der Waals surface area contributed by atoms with Crippen LogP contribution in [0, 0.1) is 0 Å². The zero-order chi connectivity index (χ0) is 18.0. The maximum absolute atomic E-state index is 11.1. The van der Waals surface area contributed by atoms with E-state index in [-0.39, 0.29) is 17.8 Å². The number of rotatable bonds is 1. The van der Waals surface area contributed by atoms with E-state index in [1.54, 1.807) is 36.4 Å². The van der Waals surface area contributed by atoms with E-state index in [0.717, 1.165) is 11.1 Å². The quantitative estimate of drug-likeness (QED) is 0.609. The maximum atomic E-state index is 11.1. The van der Waals surface area contributed by atoms with Gasteiger partial charge >= 0.3 is 11.9 Å². The van der Waals surface area contributed by atoms with Crippen LogP contribution in [0.3, 0.4) is 0 Å². The first kappa shape index (κ1) is 16.5. The second kappa shape index (κ2) is 6.64. The third kappa shape index (κ3) is 3.60. The predicted octanol–water partition coefficient (Wildman–Crippen LogP) is 2.25. The van der Waals surface area contributed by atoms with E-state index in [1.807, 2.05) is 0 Å². The van der Waals surface area contributed by atoms with E-state index in [4.69, 9.17) is 15.2 Å². The molecule has 4 rings (SSSR count). The first-order valence-corrected chi connectivity index (χ1v) is 7.57. The standard InChI is InChI=1S/C10H9NO3.C8H7NO2/c1-6(12)11-8-2-3-9-7(4-8)5-14-10(9)13;9-6-1-2-7-5(3-6)4-11-8(7)10/h2-4H,5H2,1H3,(H,11,12);1-3H,4,9H2. The molecule has 0 fully saturated rings. The van der Waals surface area contributed by atoms with Crippen LogP contribution in [0.1, 0.15) is 38.8 Å². The summed E-state index contributed by atoms with van der Waals surface area (Å²) in [6.07, 6.45) is 0. The van der Waals surface area contributed by atoms with Gasteiger partial charge in [0.2, 0.25) is 5.91 Å². The molecule has 2 heterocycles. The average Bonchev–Trinajstić information content (AvgIpc) is 3.11. The molecule has 0 unspecified atom stereocenters. The molecule has 2 aromatic carbocycles. The van der Waals surface area contributed by atoms with Gasteiger partial charge in [0.15, 0.2) is 0 Å². The Bertz CT molecular complexity index is 876. The molecule has 2 aromatic rings. The number of fused-ring (bicyclic) bond motifs is 2. The van der Waals surface area contributed by atoms with Crippen LogP contribution < -0.4 is 11.1 Å². The summed E-state index contributed by atoms with van der Waals surface area (Å²) in [5.41, 5.74) is 9.79. The lowest BCUT2D eigenvalue weighted by atomic mass is 10.1. The Morgan fingerprint density at radius 3 is 2.12 bits per heavy atom. The van der Waals surface area contributed by atoms with Crippen molar-refractivity contribution in [1.82, 2.24) is 0 Å². The monoisotopic (exact) mass is 340 g/mol. The number of esters is 2. The number of nitrogen functional groups attached to an aromatic ring is 1. The topological polar surface area (TPSA) is 108 Å². The average molecular weight is 340 g/mol. The van der Waals surface area contributed by atoms with E-state index in [2.05, 4.69) is 5.32 Å². The van der Waals surface area contributed by atoms with Crippen LogP contribution in [0.15, 0.2) is 36.4 Å². The molecule has 0 saturated carbocycles. The van der Waals surface area contributed by atoms with Gasteiger partial charge in [-0.25, -0.2) is 9.59 Å². The molecule has 0 spiro atoms. The zero-order valence-corrected chi connectivity index (χ0v) is 13.5. The van der Waals surface area contributed by atoms with Crippen molar-refractivity contribution in [3.63, 3.8) is 0 Å². The van der Waals surface area contributed by atoms with Crippen LogP contribution in [0.2, 0.25) is 0 Å². The first-order valence-electron chi connectivity index (χ1n) is 7.57. The number of ether oxygens (including phenoxy) is 2. The normalized spacial score (nSPS) is 13.8. The molecular formula is C18H16N2O5. The number of nitrogens with two attached hydrogens (primary N) is 1. The van der Waals surface area contributed by atoms with Crippen molar-refractivity contribution in [3.05, 3.63) is 58.7 Å². The van der Waals surface area contributed by atoms with Crippen LogP contribution in [-0.4, -0.2) is 17.8 Å². The lowest BCUT2D eigenvalue weighted by Crippen LogP contribution is -2.06. The molecule has 128 valence electrons. The fourth-order valence-corrected chi connectivity index (χ4v) is 2.57. The molecule has 7 nitrogen and oxygen atoms in total. The Kier molecular flexibility index (Phi) is 4.38. The predicted molar refractivity (Wildman–Crippen MR) is 89.8 cm³/mol. The first-order chi connectivity index (χ1) is 11.9. The van der Waals surface area contributed by atoms with Gasteiger partial charge < -0.3 is 20.5 Å². The fraction of sp³-hybridized carbons (Fsp3) is 0.167. The minimum atomic E-state index is -0.297. The van der Waals surface area contributed by atoms with Gasteiger partial charge in [-0.1, -0.05) is 0 Å². The smallest absolute Gasteiger partial charge is 0.338 e. The summed E-state index contributed by atoms with van der Waals surface area (Å²) in [4.78, 5) is 32.8. The van der Waals surface area contributed by atoms with Crippen molar-refractivity contribution < 1.29 is 23.9 Å². The van der Waals surface area contributed by atoms with Gasteiger partial charge in [-0.05, 0) is 36.4 Å². The number of hydrogen-bond acceptors (Lipinski definition) is 6. The van der Waals surface area contributed by atoms with E-state index in [1.165, 1.54) is 6.92 Å².